The van der Waals surface area contributed by atoms with Gasteiger partial charge in [-0.05, 0) is 180 Å². The lowest BCUT2D eigenvalue weighted by Gasteiger charge is -2.14. The number of fused-ring (bicyclic) bond motifs is 6. The number of para-hydroxylation sites is 2. The maximum absolute atomic E-state index is 5.26. The van der Waals surface area contributed by atoms with Gasteiger partial charge in [-0.15, -0.1) is 0 Å². The van der Waals surface area contributed by atoms with Crippen LogP contribution in [0, 0.1) is 0 Å². The van der Waals surface area contributed by atoms with Crippen molar-refractivity contribution >= 4 is 109 Å². The van der Waals surface area contributed by atoms with Gasteiger partial charge >= 0.3 is 0 Å². The van der Waals surface area contributed by atoms with E-state index in [2.05, 4.69) is 431 Å². The van der Waals surface area contributed by atoms with Gasteiger partial charge in [0.05, 0.1) is 66.9 Å². The summed E-state index contributed by atoms with van der Waals surface area (Å²) in [5.74, 6) is 1.29. The van der Waals surface area contributed by atoms with E-state index in [4.69, 9.17) is 19.9 Å². The summed E-state index contributed by atoms with van der Waals surface area (Å²) in [6, 6.07) is 157. The predicted molar refractivity (Wildman–Crippen MR) is 508 cm³/mol. The van der Waals surface area contributed by atoms with Gasteiger partial charge < -0.3 is 9.13 Å². The van der Waals surface area contributed by atoms with Crippen LogP contribution in [0.3, 0.4) is 0 Å². The SMILES string of the molecule is c1ccc(-c2cc(-c3ccccc3)cc(-n3c4cccc5ccc6c(-c7ccc8c(c7)c7ccccc7n8-c7nc(-c8ccccc8)cc(-c8ccccc8)n7)ccc3c6c54)c2)cc1.c1ccc(-c2ccc(-n3c4cccc5ccc6c(-c7ccc8c(c7)c7ccccc7n8-c7nc(-c8ccccc8)cc(-c8ccccc8)n7)ccc3c6c54)cc2)cc1. The van der Waals surface area contributed by atoms with Crippen LogP contribution in [0.25, 0.3) is 233 Å². The van der Waals surface area contributed by atoms with Crippen molar-refractivity contribution in [3.8, 4) is 124 Å². The highest BCUT2D eigenvalue weighted by Crippen LogP contribution is 2.48. The van der Waals surface area contributed by atoms with Crippen molar-refractivity contribution in [3.63, 3.8) is 0 Å². The van der Waals surface area contributed by atoms with E-state index in [0.29, 0.717) is 11.9 Å². The molecule has 0 aliphatic heterocycles. The fourth-order valence-electron chi connectivity index (χ4n) is 19.0. The van der Waals surface area contributed by atoms with Crippen LogP contribution in [0.5, 0.6) is 0 Å². The number of benzene rings is 19. The molecule has 6 aromatic heterocycles. The Morgan fingerprint density at radius 2 is 0.451 bits per heavy atom. The molecule has 0 N–H and O–H groups in total. The molecule has 6 heterocycles. The van der Waals surface area contributed by atoms with Gasteiger partial charge in [0.25, 0.3) is 0 Å². The standard InChI is InChI=1S/C60H38N4.C54H34N4/c1-5-16-39(17-6-1)45-34-46(40-18-7-2-8-19-40)36-47(35-45)63-56-27-15-24-43-28-30-50-48(31-33-57(63)59(50)58(43)56)44-29-32-55-51(37-44)49-25-13-14-26-54(49)64(55)60-61-52(41-20-9-3-10-21-41)38-53(62-60)42-22-11-4-12-23-42;1-4-13-35(14-5-1)36-23-27-41(28-24-36)57-50-22-12-19-39-25-29-44-42(30-32-51(57)53(44)52(39)50)40-26-31-49-45(33-40)43-20-10-11-21-48(43)58(49)54-55-46(37-15-6-2-7-16-37)34-47(56-54)38-17-8-3-9-18-38/h1-38H;1-34H. The molecule has 122 heavy (non-hydrogen) atoms. The Kier molecular flexibility index (Phi) is 16.5. The molecule has 0 spiro atoms. The summed E-state index contributed by atoms with van der Waals surface area (Å²) < 4.78 is 9.35. The number of nitrogens with zero attached hydrogens (tertiary/aromatic N) is 8. The number of rotatable bonds is 13. The molecule has 8 nitrogen and oxygen atoms in total. The molecule has 0 bridgehead atoms. The van der Waals surface area contributed by atoms with Crippen LogP contribution in [-0.2, 0) is 0 Å². The first-order chi connectivity index (χ1) is 60.5. The van der Waals surface area contributed by atoms with E-state index in [9.17, 15) is 0 Å². The van der Waals surface area contributed by atoms with Crippen LogP contribution in [0.2, 0.25) is 0 Å². The highest BCUT2D eigenvalue weighted by atomic mass is 15.2. The van der Waals surface area contributed by atoms with E-state index < -0.39 is 0 Å². The Morgan fingerprint density at radius 1 is 0.148 bits per heavy atom. The molecule has 25 rings (SSSR count). The maximum atomic E-state index is 5.26. The first-order valence-electron chi connectivity index (χ1n) is 41.6. The second kappa shape index (κ2) is 28.7. The normalized spacial score (nSPS) is 11.8. The van der Waals surface area contributed by atoms with Crippen LogP contribution < -0.4 is 0 Å². The number of hydrogen-bond acceptors (Lipinski definition) is 4. The zero-order valence-electron chi connectivity index (χ0n) is 66.1. The van der Waals surface area contributed by atoms with Crippen molar-refractivity contribution in [2.75, 3.05) is 0 Å². The Hall–Kier alpha value is -16.4. The van der Waals surface area contributed by atoms with Crippen LogP contribution in [0.1, 0.15) is 0 Å². The Labute approximate surface area is 703 Å². The molecule has 0 aliphatic carbocycles. The third-order valence-electron chi connectivity index (χ3n) is 24.6. The molecule has 19 aromatic carbocycles. The van der Waals surface area contributed by atoms with Crippen molar-refractivity contribution in [1.82, 2.24) is 38.2 Å². The third kappa shape index (κ3) is 11.7. The molecule has 0 fully saturated rings. The highest BCUT2D eigenvalue weighted by molar-refractivity contribution is 6.29. The quantitative estimate of drug-likeness (QED) is 0.108. The third-order valence-corrected chi connectivity index (χ3v) is 24.6. The van der Waals surface area contributed by atoms with E-state index in [1.54, 1.807) is 0 Å². The van der Waals surface area contributed by atoms with Crippen LogP contribution in [-0.4, -0.2) is 38.2 Å². The summed E-state index contributed by atoms with van der Waals surface area (Å²) in [6.07, 6.45) is 0. The molecule has 8 heteroatoms. The second-order valence-electron chi connectivity index (χ2n) is 31.6. The summed E-state index contributed by atoms with van der Waals surface area (Å²) in [5.41, 5.74) is 31.1. The topological polar surface area (TPSA) is 71.3 Å². The van der Waals surface area contributed by atoms with Gasteiger partial charge in [-0.3, -0.25) is 9.13 Å². The van der Waals surface area contributed by atoms with Gasteiger partial charge in [0, 0.05) is 76.7 Å². The summed E-state index contributed by atoms with van der Waals surface area (Å²) in [4.78, 5) is 21.0. The second-order valence-corrected chi connectivity index (χ2v) is 31.6. The molecule has 0 radical (unpaired) electrons. The first-order valence-corrected chi connectivity index (χ1v) is 41.6. The largest absolute Gasteiger partial charge is 0.309 e. The van der Waals surface area contributed by atoms with Crippen molar-refractivity contribution in [1.29, 1.82) is 0 Å². The fourth-order valence-corrected chi connectivity index (χ4v) is 19.0. The minimum absolute atomic E-state index is 0.644. The smallest absolute Gasteiger partial charge is 0.235 e. The van der Waals surface area contributed by atoms with Gasteiger partial charge in [0.2, 0.25) is 11.9 Å². The molecule has 0 atom stereocenters. The Morgan fingerprint density at radius 3 is 0.844 bits per heavy atom. The monoisotopic (exact) mass is 1550 g/mol. The summed E-state index contributed by atoms with van der Waals surface area (Å²) in [6.45, 7) is 0. The van der Waals surface area contributed by atoms with Gasteiger partial charge in [0.1, 0.15) is 0 Å². The van der Waals surface area contributed by atoms with Crippen molar-refractivity contribution < 1.29 is 0 Å². The molecule has 0 amide bonds. The van der Waals surface area contributed by atoms with Crippen LogP contribution in [0.4, 0.5) is 0 Å². The number of aromatic nitrogens is 8. The Bertz CT molecular complexity index is 8150. The van der Waals surface area contributed by atoms with Gasteiger partial charge in [0.15, 0.2) is 0 Å². The summed E-state index contributed by atoms with van der Waals surface area (Å²) >= 11 is 0. The van der Waals surface area contributed by atoms with E-state index in [-0.39, 0.29) is 0 Å². The average molecular weight is 1550 g/mol. The minimum atomic E-state index is 0.644. The van der Waals surface area contributed by atoms with Crippen molar-refractivity contribution in [2.45, 2.75) is 0 Å². The minimum Gasteiger partial charge on any atom is -0.309 e. The zero-order chi connectivity index (χ0) is 80.3. The zero-order valence-corrected chi connectivity index (χ0v) is 66.1. The van der Waals surface area contributed by atoms with E-state index in [0.717, 1.165) is 100 Å². The van der Waals surface area contributed by atoms with E-state index in [1.165, 1.54) is 121 Å². The predicted octanol–water partition coefficient (Wildman–Crippen LogP) is 29.5. The lowest BCUT2D eigenvalue weighted by atomic mass is 9.94. The van der Waals surface area contributed by atoms with Gasteiger partial charge in [-0.1, -0.05) is 334 Å². The maximum Gasteiger partial charge on any atom is 0.235 e. The lowest BCUT2D eigenvalue weighted by Crippen LogP contribution is -2.04. The molecule has 0 unspecified atom stereocenters. The summed E-state index contributed by atoms with van der Waals surface area (Å²) in [5, 5.41) is 14.8. The molecule has 0 saturated heterocycles. The molecular formula is C114H72N8. The molecular weight excluding hydrogens is 1480 g/mol. The molecule has 0 saturated carbocycles. The lowest BCUT2D eigenvalue weighted by molar-refractivity contribution is 0.995. The summed E-state index contributed by atoms with van der Waals surface area (Å²) in [7, 11) is 0. The fraction of sp³-hybridized carbons (Fsp3) is 0. The van der Waals surface area contributed by atoms with Gasteiger partial charge in [-0.25, -0.2) is 19.9 Å². The van der Waals surface area contributed by atoms with Crippen molar-refractivity contribution in [3.05, 3.63) is 437 Å². The average Bonchev–Trinajstić information content (AvgIpc) is 1.56. The molecule has 0 aliphatic rings. The van der Waals surface area contributed by atoms with Crippen LogP contribution >= 0.6 is 0 Å². The van der Waals surface area contributed by atoms with E-state index in [1.807, 2.05) is 24.3 Å². The molecule has 25 aromatic rings. The van der Waals surface area contributed by atoms with E-state index >= 15 is 0 Å². The first kappa shape index (κ1) is 69.8. The highest BCUT2D eigenvalue weighted by Gasteiger charge is 2.26. The van der Waals surface area contributed by atoms with Gasteiger partial charge in [-0.2, -0.15) is 0 Å². The van der Waals surface area contributed by atoms with Crippen molar-refractivity contribution in [2.24, 2.45) is 0 Å². The Balaban J connectivity index is 0.000000139. The van der Waals surface area contributed by atoms with Crippen LogP contribution in [0.15, 0.2) is 437 Å². The molecule has 568 valence electrons. The number of hydrogen-bond donors (Lipinski definition) is 0.